The highest BCUT2D eigenvalue weighted by atomic mass is 16.5. The summed E-state index contributed by atoms with van der Waals surface area (Å²) < 4.78 is 10.4. The summed E-state index contributed by atoms with van der Waals surface area (Å²) in [4.78, 5) is 10.9. The van der Waals surface area contributed by atoms with Gasteiger partial charge in [-0.2, -0.15) is 0 Å². The first-order chi connectivity index (χ1) is 15.3. The summed E-state index contributed by atoms with van der Waals surface area (Å²) in [6, 6.07) is 0. The Kier molecular flexibility index (Phi) is 26.5. The van der Waals surface area contributed by atoms with Crippen LogP contribution in [0.5, 0.6) is 0 Å². The Morgan fingerprint density at radius 3 is 1.13 bits per heavy atom. The van der Waals surface area contributed by atoms with Gasteiger partial charge in [-0.25, -0.2) is 4.79 Å². The zero-order valence-electron chi connectivity index (χ0n) is 21.0. The molecule has 31 heavy (non-hydrogen) atoms. The molecule has 0 N–H and O–H groups in total. The van der Waals surface area contributed by atoms with E-state index < -0.39 is 0 Å². The first-order valence-corrected chi connectivity index (χ1v) is 13.7. The fraction of sp³-hybridized carbons (Fsp3) is 0.893. The van der Waals surface area contributed by atoms with Crippen molar-refractivity contribution in [3.8, 4) is 0 Å². The lowest BCUT2D eigenvalue weighted by Gasteiger charge is -2.04. The molecule has 0 aliphatic heterocycles. The van der Waals surface area contributed by atoms with Crippen molar-refractivity contribution in [3.63, 3.8) is 0 Å². The van der Waals surface area contributed by atoms with Crippen LogP contribution in [0.1, 0.15) is 142 Å². The maximum atomic E-state index is 10.9. The fourth-order valence-corrected chi connectivity index (χ4v) is 4.04. The second-order valence-corrected chi connectivity index (χ2v) is 8.99. The molecule has 0 aliphatic carbocycles. The normalized spacial score (nSPS) is 11.0. The number of carbonyl (C=O) groups excluding carboxylic acids is 1. The predicted octanol–water partition coefficient (Wildman–Crippen LogP) is 8.94. The van der Waals surface area contributed by atoms with Crippen LogP contribution >= 0.6 is 0 Å². The molecule has 0 saturated carbocycles. The molecule has 0 unspecified atom stereocenters. The van der Waals surface area contributed by atoms with Crippen LogP contribution in [-0.2, 0) is 14.3 Å². The molecule has 0 saturated heterocycles. The van der Waals surface area contributed by atoms with Gasteiger partial charge >= 0.3 is 5.97 Å². The molecule has 0 radical (unpaired) electrons. The van der Waals surface area contributed by atoms with E-state index in [1.807, 2.05) is 0 Å². The minimum atomic E-state index is -0.300. The second-order valence-electron chi connectivity index (χ2n) is 8.99. The maximum Gasteiger partial charge on any atom is 0.330 e. The predicted molar refractivity (Wildman–Crippen MR) is 135 cm³/mol. The quantitative estimate of drug-likeness (QED) is 0.0768. The van der Waals surface area contributed by atoms with Crippen molar-refractivity contribution in [2.45, 2.75) is 142 Å². The van der Waals surface area contributed by atoms with E-state index in [9.17, 15) is 4.79 Å². The number of hydrogen-bond acceptors (Lipinski definition) is 3. The maximum absolute atomic E-state index is 10.9. The third kappa shape index (κ3) is 27.1. The molecule has 0 fully saturated rings. The topological polar surface area (TPSA) is 35.5 Å². The van der Waals surface area contributed by atoms with E-state index in [4.69, 9.17) is 9.47 Å². The van der Waals surface area contributed by atoms with Gasteiger partial charge in [-0.1, -0.05) is 129 Å². The summed E-state index contributed by atoms with van der Waals surface area (Å²) >= 11 is 0. The van der Waals surface area contributed by atoms with Crippen molar-refractivity contribution < 1.29 is 14.3 Å². The molecule has 0 aromatic rings. The van der Waals surface area contributed by atoms with Gasteiger partial charge in [-0.05, 0) is 19.8 Å². The zero-order valence-corrected chi connectivity index (χ0v) is 21.0. The summed E-state index contributed by atoms with van der Waals surface area (Å²) in [5.41, 5.74) is 0. The Bertz CT molecular complexity index is 367. The van der Waals surface area contributed by atoms with Crippen LogP contribution in [0.2, 0.25) is 0 Å². The van der Waals surface area contributed by atoms with Crippen molar-refractivity contribution in [1.82, 2.24) is 0 Å². The van der Waals surface area contributed by atoms with Crippen molar-refractivity contribution >= 4 is 5.97 Å². The highest BCUT2D eigenvalue weighted by molar-refractivity contribution is 5.81. The average molecular weight is 439 g/mol. The van der Waals surface area contributed by atoms with Crippen LogP contribution < -0.4 is 0 Å². The van der Waals surface area contributed by atoms with E-state index in [0.29, 0.717) is 6.61 Å². The van der Waals surface area contributed by atoms with Crippen LogP contribution in [0.15, 0.2) is 12.7 Å². The highest BCUT2D eigenvalue weighted by Gasteiger charge is 1.97. The van der Waals surface area contributed by atoms with Crippen molar-refractivity contribution in [1.29, 1.82) is 0 Å². The van der Waals surface area contributed by atoms with Gasteiger partial charge in [0.05, 0.1) is 6.61 Å². The zero-order chi connectivity index (χ0) is 22.7. The van der Waals surface area contributed by atoms with Crippen LogP contribution in [0.3, 0.4) is 0 Å². The molecular weight excluding hydrogens is 384 g/mol. The van der Waals surface area contributed by atoms with E-state index in [1.165, 1.54) is 134 Å². The van der Waals surface area contributed by atoms with Crippen LogP contribution in [0.4, 0.5) is 0 Å². The van der Waals surface area contributed by atoms with Gasteiger partial charge < -0.3 is 9.47 Å². The molecule has 0 aromatic carbocycles. The lowest BCUT2D eigenvalue weighted by Crippen LogP contribution is -2.01. The van der Waals surface area contributed by atoms with Crippen molar-refractivity contribution in [2.75, 3.05) is 19.8 Å². The van der Waals surface area contributed by atoms with Gasteiger partial charge in [0.15, 0.2) is 0 Å². The van der Waals surface area contributed by atoms with E-state index >= 15 is 0 Å². The summed E-state index contributed by atoms with van der Waals surface area (Å²) in [6.45, 7) is 7.83. The van der Waals surface area contributed by atoms with Gasteiger partial charge in [0.1, 0.15) is 0 Å². The van der Waals surface area contributed by atoms with Crippen LogP contribution in [0, 0.1) is 0 Å². The minimum Gasteiger partial charge on any atom is -0.463 e. The number of esters is 1. The first kappa shape index (κ1) is 30.2. The molecule has 3 heteroatoms. The minimum absolute atomic E-state index is 0.300. The van der Waals surface area contributed by atoms with E-state index in [-0.39, 0.29) is 5.97 Å². The van der Waals surface area contributed by atoms with Crippen molar-refractivity contribution in [3.05, 3.63) is 12.7 Å². The number of ether oxygens (including phenoxy) is 2. The smallest absolute Gasteiger partial charge is 0.330 e. The number of rotatable bonds is 26. The molecule has 0 rings (SSSR count). The highest BCUT2D eigenvalue weighted by Crippen LogP contribution is 2.15. The Morgan fingerprint density at radius 2 is 0.839 bits per heavy atom. The summed E-state index contributed by atoms with van der Waals surface area (Å²) in [5, 5.41) is 0. The van der Waals surface area contributed by atoms with E-state index in [0.717, 1.165) is 19.6 Å². The van der Waals surface area contributed by atoms with Crippen LogP contribution in [0.25, 0.3) is 0 Å². The van der Waals surface area contributed by atoms with E-state index in [2.05, 4.69) is 13.5 Å². The molecule has 3 nitrogen and oxygen atoms in total. The first-order valence-electron chi connectivity index (χ1n) is 13.7. The Morgan fingerprint density at radius 1 is 0.548 bits per heavy atom. The summed E-state index contributed by atoms with van der Waals surface area (Å²) in [5.74, 6) is -0.300. The molecule has 184 valence electrons. The second kappa shape index (κ2) is 27.2. The van der Waals surface area contributed by atoms with Gasteiger partial charge in [0.2, 0.25) is 0 Å². The standard InChI is InChI=1S/C28H54O3/c1-3-28(29)31-27-25-23-21-19-17-15-13-11-9-7-5-6-8-10-12-14-16-18-20-22-24-26-30-4-2/h3H,1,4-27H2,2H3. The largest absolute Gasteiger partial charge is 0.463 e. The Labute approximate surface area is 194 Å². The summed E-state index contributed by atoms with van der Waals surface area (Å²) in [7, 11) is 0. The Balaban J connectivity index is 3.02. The van der Waals surface area contributed by atoms with Gasteiger partial charge in [-0.15, -0.1) is 0 Å². The molecular formula is C28H54O3. The molecule has 0 amide bonds. The third-order valence-corrected chi connectivity index (χ3v) is 6.05. The number of unbranched alkanes of at least 4 members (excludes halogenated alkanes) is 20. The molecule has 0 aromatic heterocycles. The molecule has 0 aliphatic rings. The third-order valence-electron chi connectivity index (χ3n) is 6.05. The van der Waals surface area contributed by atoms with Crippen LogP contribution in [-0.4, -0.2) is 25.8 Å². The Hall–Kier alpha value is -0.830. The summed E-state index contributed by atoms with van der Waals surface area (Å²) in [6.07, 6.45) is 29.9. The molecule has 0 bridgehead atoms. The van der Waals surface area contributed by atoms with Gasteiger partial charge in [0, 0.05) is 19.3 Å². The number of hydrogen-bond donors (Lipinski definition) is 0. The average Bonchev–Trinajstić information content (AvgIpc) is 2.78. The van der Waals surface area contributed by atoms with E-state index in [1.54, 1.807) is 0 Å². The molecule has 0 atom stereocenters. The monoisotopic (exact) mass is 438 g/mol. The van der Waals surface area contributed by atoms with Gasteiger partial charge in [-0.3, -0.25) is 0 Å². The fourth-order valence-electron chi connectivity index (χ4n) is 4.04. The lowest BCUT2D eigenvalue weighted by molar-refractivity contribution is -0.137. The van der Waals surface area contributed by atoms with Gasteiger partial charge in [0.25, 0.3) is 0 Å². The van der Waals surface area contributed by atoms with Crippen molar-refractivity contribution in [2.24, 2.45) is 0 Å². The molecule has 0 spiro atoms. The molecule has 0 heterocycles. The lowest BCUT2D eigenvalue weighted by atomic mass is 10.0. The SMILES string of the molecule is C=CC(=O)OCCCCCCCCCCCCCCCCCCCCCCCOCC. The number of carbonyl (C=O) groups is 1.